The molecule has 1 unspecified atom stereocenters. The van der Waals surface area contributed by atoms with Crippen molar-refractivity contribution in [3.8, 4) is 0 Å². The highest BCUT2D eigenvalue weighted by Crippen LogP contribution is 2.16. The number of hydrogen-bond acceptors (Lipinski definition) is 5. The van der Waals surface area contributed by atoms with Crippen molar-refractivity contribution in [1.82, 2.24) is 15.5 Å². The highest BCUT2D eigenvalue weighted by atomic mass is 32.2. The number of nitrogens with one attached hydrogen (secondary N) is 1. The van der Waals surface area contributed by atoms with Crippen molar-refractivity contribution in [2.45, 2.75) is 25.3 Å². The number of nitrogens with zero attached hydrogens (tertiary/aromatic N) is 2. The molecule has 2 rings (SSSR count). The molecule has 0 aliphatic carbocycles. The second-order valence-electron chi connectivity index (χ2n) is 3.45. The molecule has 0 bridgehead atoms. The maximum absolute atomic E-state index is 4.92. The third-order valence-electron chi connectivity index (χ3n) is 2.34. The minimum absolute atomic E-state index is 0.677. The molecule has 0 radical (unpaired) electrons. The van der Waals surface area contributed by atoms with Crippen LogP contribution in [0.1, 0.15) is 18.7 Å². The summed E-state index contributed by atoms with van der Waals surface area (Å²) in [5.74, 6) is 3.28. The van der Waals surface area contributed by atoms with Crippen molar-refractivity contribution in [3.63, 3.8) is 0 Å². The molecule has 78 valence electrons. The topological polar surface area (TPSA) is 51.0 Å². The van der Waals surface area contributed by atoms with Gasteiger partial charge in [0, 0.05) is 24.8 Å². The lowest BCUT2D eigenvalue weighted by molar-refractivity contribution is 0.371. The molecule has 0 aromatic carbocycles. The van der Waals surface area contributed by atoms with E-state index in [1.165, 1.54) is 30.7 Å². The van der Waals surface area contributed by atoms with Crippen molar-refractivity contribution in [2.75, 3.05) is 18.1 Å². The van der Waals surface area contributed by atoms with Crippen molar-refractivity contribution >= 4 is 11.8 Å². The molecule has 1 atom stereocenters. The van der Waals surface area contributed by atoms with E-state index >= 15 is 0 Å². The Balaban J connectivity index is 1.62. The molecule has 5 heteroatoms. The molecule has 1 aliphatic heterocycles. The molecule has 14 heavy (non-hydrogen) atoms. The van der Waals surface area contributed by atoms with Gasteiger partial charge in [-0.3, -0.25) is 0 Å². The van der Waals surface area contributed by atoms with Gasteiger partial charge >= 0.3 is 0 Å². The van der Waals surface area contributed by atoms with Crippen LogP contribution in [0.5, 0.6) is 0 Å². The van der Waals surface area contributed by atoms with Gasteiger partial charge in [-0.15, -0.1) is 0 Å². The molecule has 0 spiro atoms. The van der Waals surface area contributed by atoms with E-state index in [9.17, 15) is 0 Å². The summed E-state index contributed by atoms with van der Waals surface area (Å²) < 4.78 is 4.92. The lowest BCUT2D eigenvalue weighted by Gasteiger charge is -2.22. The van der Waals surface area contributed by atoms with Gasteiger partial charge in [0.05, 0.1) is 0 Å². The van der Waals surface area contributed by atoms with Crippen LogP contribution in [-0.2, 0) is 6.42 Å². The number of rotatable bonds is 4. The predicted molar refractivity (Wildman–Crippen MR) is 56.4 cm³/mol. The van der Waals surface area contributed by atoms with E-state index in [0.717, 1.165) is 18.9 Å². The Morgan fingerprint density at radius 1 is 1.64 bits per heavy atom. The molecule has 1 aromatic heterocycles. The van der Waals surface area contributed by atoms with E-state index in [4.69, 9.17) is 4.52 Å². The third kappa shape index (κ3) is 2.99. The zero-order valence-electron chi connectivity index (χ0n) is 8.11. The quantitative estimate of drug-likeness (QED) is 0.811. The van der Waals surface area contributed by atoms with E-state index < -0.39 is 0 Å². The SMILES string of the molecule is c1noc(CCNC2CCCSC2)n1. The second kappa shape index (κ2) is 5.36. The Morgan fingerprint density at radius 3 is 3.36 bits per heavy atom. The Bertz CT molecular complexity index is 247. The van der Waals surface area contributed by atoms with Gasteiger partial charge in [-0.25, -0.2) is 0 Å². The van der Waals surface area contributed by atoms with Crippen LogP contribution in [0.25, 0.3) is 0 Å². The first kappa shape index (κ1) is 9.98. The molecular formula is C9H15N3OS. The van der Waals surface area contributed by atoms with Crippen LogP contribution in [0.2, 0.25) is 0 Å². The van der Waals surface area contributed by atoms with E-state index in [-0.39, 0.29) is 0 Å². The van der Waals surface area contributed by atoms with Gasteiger partial charge in [0.1, 0.15) is 0 Å². The molecule has 0 amide bonds. The van der Waals surface area contributed by atoms with Gasteiger partial charge in [0.15, 0.2) is 6.33 Å². The first-order valence-electron chi connectivity index (χ1n) is 5.02. The van der Waals surface area contributed by atoms with Gasteiger partial charge in [-0.1, -0.05) is 5.16 Å². The maximum Gasteiger partial charge on any atom is 0.227 e. The van der Waals surface area contributed by atoms with Crippen LogP contribution < -0.4 is 5.32 Å². The van der Waals surface area contributed by atoms with Crippen molar-refractivity contribution in [1.29, 1.82) is 0 Å². The summed E-state index contributed by atoms with van der Waals surface area (Å²) in [4.78, 5) is 3.98. The summed E-state index contributed by atoms with van der Waals surface area (Å²) in [6.07, 6.45) is 4.92. The van der Waals surface area contributed by atoms with Gasteiger partial charge < -0.3 is 9.84 Å². The number of hydrogen-bond donors (Lipinski definition) is 1. The van der Waals surface area contributed by atoms with Crippen LogP contribution in [-0.4, -0.2) is 34.2 Å². The average Bonchev–Trinajstić information content (AvgIpc) is 2.72. The Labute approximate surface area is 87.8 Å². The lowest BCUT2D eigenvalue weighted by Crippen LogP contribution is -2.35. The van der Waals surface area contributed by atoms with E-state index in [1.807, 2.05) is 11.8 Å². The molecule has 1 saturated heterocycles. The Morgan fingerprint density at radius 2 is 2.64 bits per heavy atom. The summed E-state index contributed by atoms with van der Waals surface area (Å²) in [6.45, 7) is 0.938. The van der Waals surface area contributed by atoms with Crippen LogP contribution in [0.4, 0.5) is 0 Å². The first-order valence-corrected chi connectivity index (χ1v) is 6.17. The molecule has 1 fully saturated rings. The number of thioether (sulfide) groups is 1. The molecular weight excluding hydrogens is 198 g/mol. The largest absolute Gasteiger partial charge is 0.340 e. The lowest BCUT2D eigenvalue weighted by atomic mass is 10.2. The Hall–Kier alpha value is -0.550. The third-order valence-corrected chi connectivity index (χ3v) is 3.55. The molecule has 1 N–H and O–H groups in total. The smallest absolute Gasteiger partial charge is 0.227 e. The molecule has 1 aliphatic rings. The minimum atomic E-state index is 0.677. The van der Waals surface area contributed by atoms with Crippen LogP contribution in [0, 0.1) is 0 Å². The standard InChI is InChI=1S/C9H15N3OS/c1-2-8(6-14-5-1)10-4-3-9-11-7-12-13-9/h7-8,10H,1-6H2. The molecule has 1 aromatic rings. The Kier molecular flexibility index (Phi) is 3.82. The van der Waals surface area contributed by atoms with E-state index in [0.29, 0.717) is 6.04 Å². The number of aromatic nitrogens is 2. The molecule has 2 heterocycles. The summed E-state index contributed by atoms with van der Waals surface area (Å²) >= 11 is 2.04. The monoisotopic (exact) mass is 213 g/mol. The van der Waals surface area contributed by atoms with Gasteiger partial charge in [-0.05, 0) is 18.6 Å². The summed E-state index contributed by atoms with van der Waals surface area (Å²) in [7, 11) is 0. The molecule has 4 nitrogen and oxygen atoms in total. The highest BCUT2D eigenvalue weighted by molar-refractivity contribution is 7.99. The highest BCUT2D eigenvalue weighted by Gasteiger charge is 2.12. The van der Waals surface area contributed by atoms with Gasteiger partial charge in [0.2, 0.25) is 5.89 Å². The van der Waals surface area contributed by atoms with Crippen molar-refractivity contribution in [2.24, 2.45) is 0 Å². The fourth-order valence-electron chi connectivity index (χ4n) is 1.59. The maximum atomic E-state index is 4.92. The van der Waals surface area contributed by atoms with E-state index in [1.54, 1.807) is 0 Å². The summed E-state index contributed by atoms with van der Waals surface area (Å²) in [5.41, 5.74) is 0. The minimum Gasteiger partial charge on any atom is -0.340 e. The van der Waals surface area contributed by atoms with E-state index in [2.05, 4.69) is 15.5 Å². The fourth-order valence-corrected chi connectivity index (χ4v) is 2.70. The summed E-state index contributed by atoms with van der Waals surface area (Å²) in [6, 6.07) is 0.677. The summed E-state index contributed by atoms with van der Waals surface area (Å²) in [5, 5.41) is 7.08. The molecule has 0 saturated carbocycles. The first-order chi connectivity index (χ1) is 6.95. The van der Waals surface area contributed by atoms with Crippen molar-refractivity contribution in [3.05, 3.63) is 12.2 Å². The normalized spacial score (nSPS) is 22.4. The van der Waals surface area contributed by atoms with Crippen molar-refractivity contribution < 1.29 is 4.52 Å². The van der Waals surface area contributed by atoms with Crippen LogP contribution in [0.15, 0.2) is 10.9 Å². The van der Waals surface area contributed by atoms with Gasteiger partial charge in [0.25, 0.3) is 0 Å². The zero-order chi connectivity index (χ0) is 9.64. The predicted octanol–water partition coefficient (Wildman–Crippen LogP) is 1.10. The second-order valence-corrected chi connectivity index (χ2v) is 4.60. The van der Waals surface area contributed by atoms with Gasteiger partial charge in [-0.2, -0.15) is 16.7 Å². The van der Waals surface area contributed by atoms with Crippen LogP contribution >= 0.6 is 11.8 Å². The van der Waals surface area contributed by atoms with Crippen LogP contribution in [0.3, 0.4) is 0 Å². The zero-order valence-corrected chi connectivity index (χ0v) is 8.92. The fraction of sp³-hybridized carbons (Fsp3) is 0.778. The average molecular weight is 213 g/mol.